The van der Waals surface area contributed by atoms with Crippen LogP contribution in [0, 0.1) is 0 Å². The van der Waals surface area contributed by atoms with Gasteiger partial charge in [-0.2, -0.15) is 0 Å². The van der Waals surface area contributed by atoms with E-state index in [-0.39, 0.29) is 5.97 Å². The van der Waals surface area contributed by atoms with Crippen LogP contribution in [0.5, 0.6) is 5.75 Å². The van der Waals surface area contributed by atoms with Crippen molar-refractivity contribution in [1.29, 1.82) is 0 Å². The maximum atomic E-state index is 11.5. The van der Waals surface area contributed by atoms with Crippen LogP contribution in [-0.4, -0.2) is 22.1 Å². The van der Waals surface area contributed by atoms with Gasteiger partial charge in [0.1, 0.15) is 5.75 Å². The van der Waals surface area contributed by atoms with Crippen molar-refractivity contribution in [1.82, 2.24) is 4.98 Å². The van der Waals surface area contributed by atoms with Crippen LogP contribution in [0.2, 0.25) is 0 Å². The van der Waals surface area contributed by atoms with E-state index in [0.29, 0.717) is 18.8 Å². The summed E-state index contributed by atoms with van der Waals surface area (Å²) in [5.74, 6) is 0.319. The molecule has 0 saturated heterocycles. The number of alkyl halides is 1. The molecule has 14 heavy (non-hydrogen) atoms. The average molecular weight is 260 g/mol. The SMILES string of the molecule is CCOC(=O)C1(Br)Cc2[nH]ccc2O1. The Morgan fingerprint density at radius 3 is 3.29 bits per heavy atom. The van der Waals surface area contributed by atoms with Gasteiger partial charge in [-0.25, -0.2) is 4.79 Å². The molecule has 4 nitrogen and oxygen atoms in total. The zero-order valence-electron chi connectivity index (χ0n) is 7.67. The number of esters is 1. The van der Waals surface area contributed by atoms with Crippen LogP contribution in [0.15, 0.2) is 12.3 Å². The maximum absolute atomic E-state index is 11.5. The number of rotatable bonds is 2. The Kier molecular flexibility index (Phi) is 2.26. The Labute approximate surface area is 89.7 Å². The predicted octanol–water partition coefficient (Wildman–Crippen LogP) is 1.60. The lowest BCUT2D eigenvalue weighted by atomic mass is 10.2. The van der Waals surface area contributed by atoms with Crippen LogP contribution in [0.1, 0.15) is 12.6 Å². The molecule has 0 amide bonds. The fourth-order valence-electron chi connectivity index (χ4n) is 1.41. The second-order valence-electron chi connectivity index (χ2n) is 3.05. The fourth-order valence-corrected chi connectivity index (χ4v) is 1.98. The van der Waals surface area contributed by atoms with Crippen molar-refractivity contribution in [2.24, 2.45) is 0 Å². The zero-order chi connectivity index (χ0) is 10.2. The quantitative estimate of drug-likeness (QED) is 0.649. The monoisotopic (exact) mass is 259 g/mol. The first-order chi connectivity index (χ1) is 6.65. The van der Waals surface area contributed by atoms with Gasteiger partial charge in [0, 0.05) is 6.20 Å². The van der Waals surface area contributed by atoms with Crippen molar-refractivity contribution < 1.29 is 14.3 Å². The van der Waals surface area contributed by atoms with Gasteiger partial charge in [-0.3, -0.25) is 0 Å². The lowest BCUT2D eigenvalue weighted by molar-refractivity contribution is -0.152. The Hall–Kier alpha value is -0.970. The third-order valence-corrected chi connectivity index (χ3v) is 2.81. The molecular formula is C9H10BrNO3. The Bertz CT molecular complexity index is 340. The van der Waals surface area contributed by atoms with Crippen LogP contribution in [0.25, 0.3) is 0 Å². The molecule has 0 aliphatic carbocycles. The van der Waals surface area contributed by atoms with Crippen molar-refractivity contribution in [2.45, 2.75) is 17.9 Å². The molecule has 5 heteroatoms. The van der Waals surface area contributed by atoms with Crippen LogP contribution in [-0.2, 0) is 16.0 Å². The number of ether oxygens (including phenoxy) is 2. The number of carbonyl (C=O) groups is 1. The highest BCUT2D eigenvalue weighted by atomic mass is 79.9. The molecule has 0 spiro atoms. The maximum Gasteiger partial charge on any atom is 0.362 e. The molecule has 2 heterocycles. The van der Waals surface area contributed by atoms with Crippen molar-refractivity contribution >= 4 is 21.9 Å². The van der Waals surface area contributed by atoms with Gasteiger partial charge in [0.05, 0.1) is 18.7 Å². The third kappa shape index (κ3) is 1.41. The number of aromatic nitrogens is 1. The van der Waals surface area contributed by atoms with E-state index in [4.69, 9.17) is 9.47 Å². The molecule has 1 aliphatic rings. The van der Waals surface area contributed by atoms with E-state index < -0.39 is 4.51 Å². The summed E-state index contributed by atoms with van der Waals surface area (Å²) in [6.07, 6.45) is 2.25. The minimum atomic E-state index is -1.04. The van der Waals surface area contributed by atoms with Crippen molar-refractivity contribution in [2.75, 3.05) is 6.61 Å². The van der Waals surface area contributed by atoms with Crippen LogP contribution >= 0.6 is 15.9 Å². The molecule has 1 atom stereocenters. The normalized spacial score (nSPS) is 24.1. The second-order valence-corrected chi connectivity index (χ2v) is 4.33. The number of hydrogen-bond donors (Lipinski definition) is 1. The van der Waals surface area contributed by atoms with Gasteiger partial charge < -0.3 is 14.5 Å². The summed E-state index contributed by atoms with van der Waals surface area (Å²) in [5.41, 5.74) is 0.912. The topological polar surface area (TPSA) is 51.3 Å². The summed E-state index contributed by atoms with van der Waals surface area (Å²) in [6.45, 7) is 2.12. The Morgan fingerprint density at radius 2 is 2.64 bits per heavy atom. The first-order valence-electron chi connectivity index (χ1n) is 4.37. The van der Waals surface area contributed by atoms with E-state index in [0.717, 1.165) is 5.69 Å². The number of nitrogens with one attached hydrogen (secondary N) is 1. The summed E-state index contributed by atoms with van der Waals surface area (Å²) < 4.78 is 9.33. The standard InChI is InChI=1S/C9H10BrNO3/c1-2-13-8(12)9(10)5-6-7(14-9)3-4-11-6/h3-4,11H,2,5H2,1H3. The van der Waals surface area contributed by atoms with Gasteiger partial charge in [-0.05, 0) is 28.9 Å². The largest absolute Gasteiger partial charge is 0.462 e. The molecule has 1 unspecified atom stereocenters. The van der Waals surface area contributed by atoms with Gasteiger partial charge in [0.25, 0.3) is 4.51 Å². The van der Waals surface area contributed by atoms with Crippen LogP contribution in [0.3, 0.4) is 0 Å². The number of aromatic amines is 1. The van der Waals surface area contributed by atoms with Crippen molar-refractivity contribution in [3.63, 3.8) is 0 Å². The Morgan fingerprint density at radius 1 is 1.86 bits per heavy atom. The molecular weight excluding hydrogens is 250 g/mol. The molecule has 1 aromatic heterocycles. The fraction of sp³-hybridized carbons (Fsp3) is 0.444. The molecule has 0 aromatic carbocycles. The third-order valence-electron chi connectivity index (χ3n) is 2.05. The first-order valence-corrected chi connectivity index (χ1v) is 5.16. The molecule has 0 radical (unpaired) electrons. The summed E-state index contributed by atoms with van der Waals surface area (Å²) in [4.78, 5) is 14.5. The van der Waals surface area contributed by atoms with E-state index >= 15 is 0 Å². The molecule has 1 aromatic rings. The molecule has 1 aliphatic heterocycles. The Balaban J connectivity index is 2.15. The highest BCUT2D eigenvalue weighted by molar-refractivity contribution is 9.10. The number of fused-ring (bicyclic) bond motifs is 1. The number of carbonyl (C=O) groups excluding carboxylic acids is 1. The predicted molar refractivity (Wildman–Crippen MR) is 53.4 cm³/mol. The van der Waals surface area contributed by atoms with Crippen LogP contribution in [0.4, 0.5) is 0 Å². The first kappa shape index (κ1) is 9.58. The zero-order valence-corrected chi connectivity index (χ0v) is 9.26. The van der Waals surface area contributed by atoms with Crippen LogP contribution < -0.4 is 4.74 Å². The summed E-state index contributed by atoms with van der Waals surface area (Å²) in [6, 6.07) is 1.79. The molecule has 2 rings (SSSR count). The molecule has 76 valence electrons. The number of hydrogen-bond acceptors (Lipinski definition) is 3. The van der Waals surface area contributed by atoms with Crippen molar-refractivity contribution in [3.8, 4) is 5.75 Å². The molecule has 0 bridgehead atoms. The van der Waals surface area contributed by atoms with Gasteiger partial charge in [0.2, 0.25) is 0 Å². The van der Waals surface area contributed by atoms with E-state index in [1.54, 1.807) is 19.2 Å². The van der Waals surface area contributed by atoms with Gasteiger partial charge in [0.15, 0.2) is 0 Å². The average Bonchev–Trinajstić information content (AvgIpc) is 2.63. The number of H-pyrrole nitrogens is 1. The van der Waals surface area contributed by atoms with Gasteiger partial charge >= 0.3 is 5.97 Å². The minimum Gasteiger partial charge on any atom is -0.462 e. The lowest BCUT2D eigenvalue weighted by Gasteiger charge is -2.18. The highest BCUT2D eigenvalue weighted by Gasteiger charge is 2.46. The minimum absolute atomic E-state index is 0.351. The highest BCUT2D eigenvalue weighted by Crippen LogP contribution is 2.38. The summed E-state index contributed by atoms with van der Waals surface area (Å²) in [5, 5.41) is 0. The summed E-state index contributed by atoms with van der Waals surface area (Å²) >= 11 is 3.26. The van der Waals surface area contributed by atoms with Gasteiger partial charge in [-0.1, -0.05) is 0 Å². The van der Waals surface area contributed by atoms with E-state index in [1.807, 2.05) is 0 Å². The summed E-state index contributed by atoms with van der Waals surface area (Å²) in [7, 11) is 0. The van der Waals surface area contributed by atoms with Gasteiger partial charge in [-0.15, -0.1) is 0 Å². The molecule has 0 saturated carbocycles. The van der Waals surface area contributed by atoms with Crippen molar-refractivity contribution in [3.05, 3.63) is 18.0 Å². The van der Waals surface area contributed by atoms with E-state index in [9.17, 15) is 4.79 Å². The van der Waals surface area contributed by atoms with E-state index in [2.05, 4.69) is 20.9 Å². The lowest BCUT2D eigenvalue weighted by Crippen LogP contribution is -2.38. The van der Waals surface area contributed by atoms with E-state index in [1.165, 1.54) is 0 Å². The second kappa shape index (κ2) is 3.31. The number of halogens is 1. The molecule has 0 fully saturated rings. The molecule has 1 N–H and O–H groups in total. The smallest absolute Gasteiger partial charge is 0.362 e.